The minimum absolute atomic E-state index is 0.110. The van der Waals surface area contributed by atoms with Crippen molar-refractivity contribution >= 4 is 22.4 Å². The molecule has 1 saturated carbocycles. The lowest BCUT2D eigenvalue weighted by Gasteiger charge is -1.99. The van der Waals surface area contributed by atoms with Crippen molar-refractivity contribution in [2.24, 2.45) is 11.8 Å². The number of hydrogen-bond acceptors (Lipinski definition) is 5. The van der Waals surface area contributed by atoms with Crippen molar-refractivity contribution in [3.05, 3.63) is 5.01 Å². The Bertz CT molecular complexity index is 379. The van der Waals surface area contributed by atoms with Crippen LogP contribution in [0.15, 0.2) is 0 Å². The molecule has 0 spiro atoms. The second-order valence-corrected chi connectivity index (χ2v) is 5.10. The number of nitrogens with zero attached hydrogens (tertiary/aromatic N) is 2. The Morgan fingerprint density at radius 3 is 2.94 bits per heavy atom. The maximum atomic E-state index is 11.7. The SMILES string of the molecule is CCNc1nnc(C(=O)NCC2CC2C)s1. The predicted octanol–water partition coefficient (Wildman–Crippen LogP) is 1.36. The zero-order valence-electron chi connectivity index (χ0n) is 9.49. The third-order valence-corrected chi connectivity index (χ3v) is 3.63. The van der Waals surface area contributed by atoms with Crippen LogP contribution in [0.3, 0.4) is 0 Å². The van der Waals surface area contributed by atoms with Gasteiger partial charge in [0.2, 0.25) is 10.1 Å². The molecule has 0 saturated heterocycles. The number of aromatic nitrogens is 2. The molecule has 1 fully saturated rings. The number of hydrogen-bond donors (Lipinski definition) is 2. The van der Waals surface area contributed by atoms with E-state index in [9.17, 15) is 4.79 Å². The number of nitrogens with one attached hydrogen (secondary N) is 2. The minimum atomic E-state index is -0.110. The molecule has 1 aliphatic carbocycles. The van der Waals surface area contributed by atoms with Crippen LogP contribution in [0.2, 0.25) is 0 Å². The molecule has 88 valence electrons. The summed E-state index contributed by atoms with van der Waals surface area (Å²) in [6.07, 6.45) is 1.22. The minimum Gasteiger partial charge on any atom is -0.360 e. The van der Waals surface area contributed by atoms with Crippen LogP contribution in [0.5, 0.6) is 0 Å². The molecule has 1 heterocycles. The molecule has 0 aromatic carbocycles. The van der Waals surface area contributed by atoms with Crippen LogP contribution in [-0.4, -0.2) is 29.2 Å². The van der Waals surface area contributed by atoms with Gasteiger partial charge in [0, 0.05) is 13.1 Å². The van der Waals surface area contributed by atoms with Gasteiger partial charge in [-0.05, 0) is 25.2 Å². The maximum Gasteiger partial charge on any atom is 0.282 e. The molecule has 0 aliphatic heterocycles. The molecular formula is C10H16N4OS. The predicted molar refractivity (Wildman–Crippen MR) is 63.7 cm³/mol. The van der Waals surface area contributed by atoms with Gasteiger partial charge >= 0.3 is 0 Å². The smallest absolute Gasteiger partial charge is 0.282 e. The van der Waals surface area contributed by atoms with Crippen LogP contribution in [0.25, 0.3) is 0 Å². The van der Waals surface area contributed by atoms with E-state index in [0.717, 1.165) is 19.0 Å². The van der Waals surface area contributed by atoms with Crippen LogP contribution in [-0.2, 0) is 0 Å². The second kappa shape index (κ2) is 4.78. The quantitative estimate of drug-likeness (QED) is 0.815. The molecule has 1 amide bonds. The lowest BCUT2D eigenvalue weighted by atomic mass is 10.3. The fraction of sp³-hybridized carbons (Fsp3) is 0.700. The maximum absolute atomic E-state index is 11.7. The first-order valence-electron chi connectivity index (χ1n) is 5.56. The highest BCUT2D eigenvalue weighted by Gasteiger charge is 2.32. The zero-order valence-corrected chi connectivity index (χ0v) is 10.3. The summed E-state index contributed by atoms with van der Waals surface area (Å²) in [6, 6.07) is 0. The van der Waals surface area contributed by atoms with Gasteiger partial charge in [-0.1, -0.05) is 18.3 Å². The molecule has 2 rings (SSSR count). The second-order valence-electron chi connectivity index (χ2n) is 4.13. The normalized spacial score (nSPS) is 22.9. The van der Waals surface area contributed by atoms with Gasteiger partial charge in [0.1, 0.15) is 0 Å². The largest absolute Gasteiger partial charge is 0.360 e. The molecule has 6 heteroatoms. The summed E-state index contributed by atoms with van der Waals surface area (Å²) in [4.78, 5) is 11.7. The molecule has 0 radical (unpaired) electrons. The molecule has 2 atom stereocenters. The zero-order chi connectivity index (χ0) is 11.5. The number of carbonyl (C=O) groups excluding carboxylic acids is 1. The summed E-state index contributed by atoms with van der Waals surface area (Å²) in [7, 11) is 0. The molecule has 2 unspecified atom stereocenters. The van der Waals surface area contributed by atoms with E-state index in [2.05, 4.69) is 27.8 Å². The summed E-state index contributed by atoms with van der Waals surface area (Å²) in [5, 5.41) is 14.8. The molecule has 0 bridgehead atoms. The Hall–Kier alpha value is -1.17. The highest BCUT2D eigenvalue weighted by atomic mass is 32.1. The molecule has 5 nitrogen and oxygen atoms in total. The van der Waals surface area contributed by atoms with Crippen LogP contribution >= 0.6 is 11.3 Å². The van der Waals surface area contributed by atoms with E-state index in [1.807, 2.05) is 6.92 Å². The fourth-order valence-electron chi connectivity index (χ4n) is 1.52. The van der Waals surface area contributed by atoms with Crippen LogP contribution < -0.4 is 10.6 Å². The first-order chi connectivity index (χ1) is 7.70. The number of rotatable bonds is 5. The molecular weight excluding hydrogens is 224 g/mol. The standard InChI is InChI=1S/C10H16N4OS/c1-3-11-10-14-13-9(16-10)8(15)12-5-7-4-6(7)2/h6-7H,3-5H2,1-2H3,(H,11,14)(H,12,15). The van der Waals surface area contributed by atoms with E-state index in [-0.39, 0.29) is 5.91 Å². The number of carbonyl (C=O) groups is 1. The lowest BCUT2D eigenvalue weighted by Crippen LogP contribution is -2.25. The van der Waals surface area contributed by atoms with E-state index >= 15 is 0 Å². The van der Waals surface area contributed by atoms with Crippen molar-refractivity contribution in [1.82, 2.24) is 15.5 Å². The van der Waals surface area contributed by atoms with E-state index in [4.69, 9.17) is 0 Å². The van der Waals surface area contributed by atoms with Crippen molar-refractivity contribution < 1.29 is 4.79 Å². The van der Waals surface area contributed by atoms with E-state index < -0.39 is 0 Å². The first-order valence-corrected chi connectivity index (χ1v) is 6.38. The Kier molecular flexibility index (Phi) is 3.38. The molecule has 1 aliphatic rings. The molecule has 2 N–H and O–H groups in total. The summed E-state index contributed by atoms with van der Waals surface area (Å²) >= 11 is 1.29. The third-order valence-electron chi connectivity index (χ3n) is 2.75. The Balaban J connectivity index is 1.82. The monoisotopic (exact) mass is 240 g/mol. The van der Waals surface area contributed by atoms with Crippen LogP contribution in [0.4, 0.5) is 5.13 Å². The molecule has 16 heavy (non-hydrogen) atoms. The Morgan fingerprint density at radius 1 is 1.56 bits per heavy atom. The lowest BCUT2D eigenvalue weighted by molar-refractivity contribution is 0.0950. The summed E-state index contributed by atoms with van der Waals surface area (Å²) < 4.78 is 0. The summed E-state index contributed by atoms with van der Waals surface area (Å²) in [5.41, 5.74) is 0. The molecule has 1 aromatic rings. The average Bonchev–Trinajstić information content (AvgIpc) is 2.78. The Morgan fingerprint density at radius 2 is 2.31 bits per heavy atom. The highest BCUT2D eigenvalue weighted by Crippen LogP contribution is 2.36. The van der Waals surface area contributed by atoms with Crippen molar-refractivity contribution in [3.8, 4) is 0 Å². The average molecular weight is 240 g/mol. The van der Waals surface area contributed by atoms with Gasteiger partial charge in [0.15, 0.2) is 0 Å². The van der Waals surface area contributed by atoms with Crippen molar-refractivity contribution in [2.75, 3.05) is 18.4 Å². The van der Waals surface area contributed by atoms with Gasteiger partial charge in [-0.15, -0.1) is 10.2 Å². The van der Waals surface area contributed by atoms with Gasteiger partial charge in [0.25, 0.3) is 5.91 Å². The van der Waals surface area contributed by atoms with Gasteiger partial charge in [-0.2, -0.15) is 0 Å². The van der Waals surface area contributed by atoms with Crippen LogP contribution in [0.1, 0.15) is 30.1 Å². The van der Waals surface area contributed by atoms with Crippen molar-refractivity contribution in [3.63, 3.8) is 0 Å². The van der Waals surface area contributed by atoms with E-state index in [1.54, 1.807) is 0 Å². The first kappa shape index (κ1) is 11.3. The fourth-order valence-corrected chi connectivity index (χ4v) is 2.25. The van der Waals surface area contributed by atoms with Crippen molar-refractivity contribution in [2.45, 2.75) is 20.3 Å². The van der Waals surface area contributed by atoms with Gasteiger partial charge < -0.3 is 10.6 Å². The van der Waals surface area contributed by atoms with Crippen molar-refractivity contribution in [1.29, 1.82) is 0 Å². The molecule has 1 aromatic heterocycles. The topological polar surface area (TPSA) is 66.9 Å². The van der Waals surface area contributed by atoms with Crippen LogP contribution in [0, 0.1) is 11.8 Å². The van der Waals surface area contributed by atoms with E-state index in [0.29, 0.717) is 16.1 Å². The Labute approximate surface area is 98.7 Å². The van der Waals surface area contributed by atoms with Gasteiger partial charge in [-0.25, -0.2) is 0 Å². The van der Waals surface area contributed by atoms with E-state index in [1.165, 1.54) is 17.8 Å². The van der Waals surface area contributed by atoms with Gasteiger partial charge in [-0.3, -0.25) is 4.79 Å². The van der Waals surface area contributed by atoms with Gasteiger partial charge in [0.05, 0.1) is 0 Å². The summed E-state index contributed by atoms with van der Waals surface area (Å²) in [5.74, 6) is 1.30. The summed E-state index contributed by atoms with van der Waals surface area (Å²) in [6.45, 7) is 5.73. The third kappa shape index (κ3) is 2.69. The highest BCUT2D eigenvalue weighted by molar-refractivity contribution is 7.17. The number of amides is 1. The number of anilines is 1.